The first-order valence-corrected chi connectivity index (χ1v) is 10.3. The van der Waals surface area contributed by atoms with Crippen LogP contribution in [0.2, 0.25) is 0 Å². The van der Waals surface area contributed by atoms with Crippen LogP contribution in [-0.2, 0) is 9.59 Å². The average molecular weight is 407 g/mol. The van der Waals surface area contributed by atoms with Gasteiger partial charge in [0.1, 0.15) is 11.6 Å². The number of halogens is 2. The summed E-state index contributed by atoms with van der Waals surface area (Å²) in [7, 11) is 0. The molecule has 158 valence electrons. The van der Waals surface area contributed by atoms with Crippen LogP contribution in [0.1, 0.15) is 48.9 Å². The fourth-order valence-corrected chi connectivity index (χ4v) is 3.91. The van der Waals surface area contributed by atoms with Gasteiger partial charge in [-0.1, -0.05) is 6.42 Å². The van der Waals surface area contributed by atoms with Crippen LogP contribution in [0.25, 0.3) is 0 Å². The highest BCUT2D eigenvalue weighted by molar-refractivity contribution is 5.94. The van der Waals surface area contributed by atoms with Crippen LogP contribution >= 0.6 is 0 Å². The largest absolute Gasteiger partial charge is 0.354 e. The molecule has 3 amide bonds. The molecular weight excluding hydrogens is 380 g/mol. The first-order valence-electron chi connectivity index (χ1n) is 10.3. The second kappa shape index (κ2) is 9.80. The molecule has 1 aromatic carbocycles. The van der Waals surface area contributed by atoms with Gasteiger partial charge in [0.05, 0.1) is 5.56 Å². The summed E-state index contributed by atoms with van der Waals surface area (Å²) in [4.78, 5) is 40.1. The minimum absolute atomic E-state index is 0.0765. The fourth-order valence-electron chi connectivity index (χ4n) is 3.91. The summed E-state index contributed by atoms with van der Waals surface area (Å²) in [6.07, 6.45) is 4.55. The van der Waals surface area contributed by atoms with E-state index < -0.39 is 17.5 Å². The van der Waals surface area contributed by atoms with E-state index >= 15 is 0 Å². The van der Waals surface area contributed by atoms with Gasteiger partial charge < -0.3 is 15.1 Å². The number of piperidine rings is 1. The molecule has 3 rings (SSSR count). The summed E-state index contributed by atoms with van der Waals surface area (Å²) in [5.74, 6) is -2.23. The Balaban J connectivity index is 1.43. The van der Waals surface area contributed by atoms with Gasteiger partial charge in [-0.2, -0.15) is 0 Å². The van der Waals surface area contributed by atoms with Gasteiger partial charge in [-0.05, 0) is 37.8 Å². The molecule has 0 saturated carbocycles. The first kappa shape index (κ1) is 21.2. The third-order valence-electron chi connectivity index (χ3n) is 5.67. The average Bonchev–Trinajstić information content (AvgIpc) is 2.92. The van der Waals surface area contributed by atoms with Crippen molar-refractivity contribution >= 4 is 17.7 Å². The summed E-state index contributed by atoms with van der Waals surface area (Å²) in [5, 5.41) is 2.89. The Hall–Kier alpha value is -2.51. The summed E-state index contributed by atoms with van der Waals surface area (Å²) in [6, 6.07) is 2.91. The van der Waals surface area contributed by atoms with Crippen molar-refractivity contribution in [1.29, 1.82) is 0 Å². The summed E-state index contributed by atoms with van der Waals surface area (Å²) in [5.41, 5.74) is -0.156. The van der Waals surface area contributed by atoms with Gasteiger partial charge in [-0.15, -0.1) is 0 Å². The van der Waals surface area contributed by atoms with E-state index in [9.17, 15) is 23.2 Å². The number of carbonyl (C=O) groups is 3. The SMILES string of the molecule is O=C(NCCN1CCCCCC1=O)C1CCN(C(=O)c2ccc(F)cc2F)CC1. The van der Waals surface area contributed by atoms with Crippen molar-refractivity contribution in [2.45, 2.75) is 38.5 Å². The number of hydrogen-bond acceptors (Lipinski definition) is 3. The third kappa shape index (κ3) is 5.52. The molecule has 0 unspecified atom stereocenters. The number of hydrogen-bond donors (Lipinski definition) is 1. The van der Waals surface area contributed by atoms with E-state index in [4.69, 9.17) is 0 Å². The zero-order chi connectivity index (χ0) is 20.8. The lowest BCUT2D eigenvalue weighted by atomic mass is 9.95. The van der Waals surface area contributed by atoms with E-state index in [0.29, 0.717) is 51.5 Å². The molecular formula is C21H27F2N3O3. The molecule has 2 heterocycles. The summed E-state index contributed by atoms with van der Waals surface area (Å²) >= 11 is 0. The van der Waals surface area contributed by atoms with Gasteiger partial charge in [-0.3, -0.25) is 14.4 Å². The van der Waals surface area contributed by atoms with Crippen molar-refractivity contribution in [2.24, 2.45) is 5.92 Å². The van der Waals surface area contributed by atoms with Crippen LogP contribution in [0.4, 0.5) is 8.78 Å². The maximum atomic E-state index is 13.8. The topological polar surface area (TPSA) is 69.7 Å². The van der Waals surface area contributed by atoms with Crippen molar-refractivity contribution < 1.29 is 23.2 Å². The van der Waals surface area contributed by atoms with E-state index in [1.165, 1.54) is 4.90 Å². The smallest absolute Gasteiger partial charge is 0.256 e. The Kier molecular flexibility index (Phi) is 7.17. The number of rotatable bonds is 5. The van der Waals surface area contributed by atoms with E-state index in [1.54, 1.807) is 0 Å². The number of carbonyl (C=O) groups excluding carboxylic acids is 3. The van der Waals surface area contributed by atoms with Crippen LogP contribution in [0.3, 0.4) is 0 Å². The molecule has 2 aliphatic heterocycles. The predicted octanol–water partition coefficient (Wildman–Crippen LogP) is 2.34. The normalized spacial score (nSPS) is 18.5. The molecule has 6 nitrogen and oxygen atoms in total. The lowest BCUT2D eigenvalue weighted by molar-refractivity contribution is -0.131. The highest BCUT2D eigenvalue weighted by Crippen LogP contribution is 2.21. The lowest BCUT2D eigenvalue weighted by Gasteiger charge is -2.31. The van der Waals surface area contributed by atoms with E-state index in [1.807, 2.05) is 4.90 Å². The number of likely N-dealkylation sites (tertiary alicyclic amines) is 2. The molecule has 1 aromatic rings. The molecule has 8 heteroatoms. The minimum atomic E-state index is -0.877. The Morgan fingerprint density at radius 1 is 1.07 bits per heavy atom. The molecule has 0 spiro atoms. The number of nitrogens with zero attached hydrogens (tertiary/aromatic N) is 2. The molecule has 0 bridgehead atoms. The maximum absolute atomic E-state index is 13.8. The summed E-state index contributed by atoms with van der Waals surface area (Å²) < 4.78 is 26.9. The second-order valence-corrected chi connectivity index (χ2v) is 7.67. The van der Waals surface area contributed by atoms with E-state index in [0.717, 1.165) is 37.9 Å². The molecule has 29 heavy (non-hydrogen) atoms. The summed E-state index contributed by atoms with van der Waals surface area (Å²) in [6.45, 7) is 2.38. The number of benzene rings is 1. The van der Waals surface area contributed by atoms with E-state index in [-0.39, 0.29) is 23.3 Å². The Morgan fingerprint density at radius 3 is 2.55 bits per heavy atom. The van der Waals surface area contributed by atoms with Crippen molar-refractivity contribution in [2.75, 3.05) is 32.7 Å². The predicted molar refractivity (Wildman–Crippen MR) is 103 cm³/mol. The zero-order valence-electron chi connectivity index (χ0n) is 16.5. The highest BCUT2D eigenvalue weighted by Gasteiger charge is 2.29. The van der Waals surface area contributed by atoms with E-state index in [2.05, 4.69) is 5.32 Å². The van der Waals surface area contributed by atoms with Gasteiger partial charge in [0, 0.05) is 51.1 Å². The van der Waals surface area contributed by atoms with Gasteiger partial charge in [0.15, 0.2) is 0 Å². The molecule has 0 aromatic heterocycles. The van der Waals surface area contributed by atoms with Crippen molar-refractivity contribution in [3.63, 3.8) is 0 Å². The van der Waals surface area contributed by atoms with Gasteiger partial charge in [0.2, 0.25) is 11.8 Å². The monoisotopic (exact) mass is 407 g/mol. The molecule has 2 aliphatic rings. The second-order valence-electron chi connectivity index (χ2n) is 7.67. The van der Waals surface area contributed by atoms with Gasteiger partial charge in [-0.25, -0.2) is 8.78 Å². The molecule has 2 fully saturated rings. The minimum Gasteiger partial charge on any atom is -0.354 e. The molecule has 2 saturated heterocycles. The van der Waals surface area contributed by atoms with Crippen LogP contribution in [0.5, 0.6) is 0 Å². The molecule has 0 aliphatic carbocycles. The Morgan fingerprint density at radius 2 is 1.83 bits per heavy atom. The zero-order valence-corrected chi connectivity index (χ0v) is 16.5. The highest BCUT2D eigenvalue weighted by atomic mass is 19.1. The maximum Gasteiger partial charge on any atom is 0.256 e. The van der Waals surface area contributed by atoms with Crippen molar-refractivity contribution in [1.82, 2.24) is 15.1 Å². The Labute approximate surface area is 169 Å². The standard InChI is InChI=1S/C21H27F2N3O3/c22-16-5-6-17(18(23)14-16)21(29)26-11-7-15(8-12-26)20(28)24-9-13-25-10-3-1-2-4-19(25)27/h5-6,14-15H,1-4,7-13H2,(H,24,28). The molecule has 1 N–H and O–H groups in total. The number of nitrogens with one attached hydrogen (secondary N) is 1. The van der Waals surface area contributed by atoms with Crippen LogP contribution in [0.15, 0.2) is 18.2 Å². The Bertz CT molecular complexity index is 764. The fraction of sp³-hybridized carbons (Fsp3) is 0.571. The molecule has 0 radical (unpaired) electrons. The lowest BCUT2D eigenvalue weighted by Crippen LogP contribution is -2.45. The third-order valence-corrected chi connectivity index (χ3v) is 5.67. The van der Waals surface area contributed by atoms with Crippen LogP contribution in [-0.4, -0.2) is 60.2 Å². The van der Waals surface area contributed by atoms with Crippen LogP contribution < -0.4 is 5.32 Å². The van der Waals surface area contributed by atoms with Crippen molar-refractivity contribution in [3.8, 4) is 0 Å². The molecule has 0 atom stereocenters. The first-order chi connectivity index (χ1) is 14.0. The number of amides is 3. The van der Waals surface area contributed by atoms with Gasteiger partial charge in [0.25, 0.3) is 5.91 Å². The van der Waals surface area contributed by atoms with Crippen molar-refractivity contribution in [3.05, 3.63) is 35.4 Å². The quantitative estimate of drug-likeness (QED) is 0.815. The van der Waals surface area contributed by atoms with Crippen LogP contribution in [0, 0.1) is 17.6 Å². The van der Waals surface area contributed by atoms with Gasteiger partial charge >= 0.3 is 0 Å².